The smallest absolute Gasteiger partial charge is 0.406 e. The Morgan fingerprint density at radius 1 is 1.21 bits per heavy atom. The van der Waals surface area contributed by atoms with Gasteiger partial charge in [0.1, 0.15) is 11.4 Å². The monoisotopic (exact) mass is 500 g/mol. The molecule has 2 aliphatic heterocycles. The Morgan fingerprint density at radius 3 is 2.56 bits per heavy atom. The van der Waals surface area contributed by atoms with Crippen molar-refractivity contribution in [1.82, 2.24) is 14.8 Å². The van der Waals surface area contributed by atoms with Crippen LogP contribution in [0.1, 0.15) is 23.3 Å². The van der Waals surface area contributed by atoms with Crippen molar-refractivity contribution in [2.45, 2.75) is 31.2 Å². The number of carbonyl (C=O) groups excluding carboxylic acids is 1. The van der Waals surface area contributed by atoms with Crippen LogP contribution in [0.5, 0.6) is 5.75 Å². The Labute approximate surface area is 199 Å². The molecule has 1 aromatic heterocycles. The number of pyridine rings is 1. The average molecular weight is 501 g/mol. The molecule has 2 fully saturated rings. The molecule has 2 aromatic rings. The lowest BCUT2D eigenvalue weighted by molar-refractivity contribution is -0.274. The van der Waals surface area contributed by atoms with Gasteiger partial charge in [-0.2, -0.15) is 0 Å². The van der Waals surface area contributed by atoms with E-state index in [-0.39, 0.29) is 11.7 Å². The van der Waals surface area contributed by atoms with Crippen molar-refractivity contribution in [3.05, 3.63) is 53.3 Å². The molecule has 0 radical (unpaired) electrons. The summed E-state index contributed by atoms with van der Waals surface area (Å²) >= 11 is 5.96. The first-order chi connectivity index (χ1) is 16.1. The number of aromatic nitrogens is 1. The molecule has 0 saturated carbocycles. The number of hydrogen-bond donors (Lipinski definition) is 2. The number of piperidine rings is 1. The van der Waals surface area contributed by atoms with E-state index in [1.807, 2.05) is 0 Å². The van der Waals surface area contributed by atoms with E-state index in [0.29, 0.717) is 62.0 Å². The molecule has 34 heavy (non-hydrogen) atoms. The summed E-state index contributed by atoms with van der Waals surface area (Å²) in [6, 6.07) is 8.29. The Morgan fingerprint density at radius 2 is 1.91 bits per heavy atom. The predicted octanol–water partition coefficient (Wildman–Crippen LogP) is 3.33. The molecule has 0 aliphatic carbocycles. The van der Waals surface area contributed by atoms with Crippen molar-refractivity contribution < 1.29 is 32.5 Å². The molecule has 2 aliphatic rings. The number of amides is 1. The number of alkyl halides is 3. The summed E-state index contributed by atoms with van der Waals surface area (Å²) < 4.78 is 46.9. The summed E-state index contributed by atoms with van der Waals surface area (Å²) in [5.41, 5.74) is 0.224. The third kappa shape index (κ3) is 6.09. The molecule has 2 N–H and O–H groups in total. The highest BCUT2D eigenvalue weighted by Crippen LogP contribution is 2.32. The van der Waals surface area contributed by atoms with Gasteiger partial charge in [0.2, 0.25) is 0 Å². The lowest BCUT2D eigenvalue weighted by Gasteiger charge is -2.48. The van der Waals surface area contributed by atoms with Gasteiger partial charge >= 0.3 is 6.36 Å². The Bertz CT molecular complexity index is 1000. The molecular formula is C22H24ClF3N4O4. The van der Waals surface area contributed by atoms with E-state index in [9.17, 15) is 23.1 Å². The Hall–Kier alpha value is -2.60. The summed E-state index contributed by atoms with van der Waals surface area (Å²) in [5, 5.41) is 14.0. The first-order valence-electron chi connectivity index (χ1n) is 10.7. The molecule has 1 unspecified atom stereocenters. The van der Waals surface area contributed by atoms with E-state index in [0.717, 1.165) is 0 Å². The number of nitrogens with one attached hydrogen (secondary N) is 1. The summed E-state index contributed by atoms with van der Waals surface area (Å²) in [7, 11) is 0. The van der Waals surface area contributed by atoms with E-state index in [2.05, 4.69) is 15.0 Å². The minimum Gasteiger partial charge on any atom is -0.406 e. The van der Waals surface area contributed by atoms with Crippen LogP contribution in [-0.2, 0) is 4.74 Å². The molecule has 12 heteroatoms. The van der Waals surface area contributed by atoms with E-state index in [4.69, 9.17) is 16.3 Å². The number of morpholine rings is 1. The van der Waals surface area contributed by atoms with Crippen molar-refractivity contribution in [2.75, 3.05) is 38.1 Å². The zero-order chi connectivity index (χ0) is 24.3. The number of anilines is 1. The Kier molecular flexibility index (Phi) is 7.17. The fourth-order valence-corrected chi connectivity index (χ4v) is 4.34. The number of hydrogen-bond acceptors (Lipinski definition) is 7. The molecule has 1 atom stereocenters. The van der Waals surface area contributed by atoms with Crippen LogP contribution < -0.4 is 10.1 Å². The topological polar surface area (TPSA) is 87.2 Å². The van der Waals surface area contributed by atoms with Crippen molar-refractivity contribution in [1.29, 1.82) is 0 Å². The molecule has 4 rings (SSSR count). The second-order valence-electron chi connectivity index (χ2n) is 8.24. The molecule has 3 heterocycles. The van der Waals surface area contributed by atoms with Crippen LogP contribution >= 0.6 is 11.6 Å². The first-order valence-corrected chi connectivity index (χ1v) is 11.1. The maximum Gasteiger partial charge on any atom is 0.573 e. The SMILES string of the molecule is O=C(c1cc(Cl)ccn1)N1CCC2(CC1)CN(C(O)Nc1ccc(OC(F)(F)F)cc1)CCO2. The summed E-state index contributed by atoms with van der Waals surface area (Å²) in [6.45, 7) is 2.27. The van der Waals surface area contributed by atoms with Gasteiger partial charge in [0.25, 0.3) is 5.91 Å². The van der Waals surface area contributed by atoms with E-state index in [1.165, 1.54) is 36.5 Å². The molecule has 2 saturated heterocycles. The van der Waals surface area contributed by atoms with Crippen LogP contribution in [0.15, 0.2) is 42.6 Å². The van der Waals surface area contributed by atoms with E-state index < -0.39 is 18.3 Å². The number of nitrogens with zero attached hydrogens (tertiary/aromatic N) is 3. The number of carbonyl (C=O) groups is 1. The van der Waals surface area contributed by atoms with Crippen LogP contribution in [-0.4, -0.2) is 76.9 Å². The van der Waals surface area contributed by atoms with Crippen LogP contribution in [0.2, 0.25) is 5.02 Å². The van der Waals surface area contributed by atoms with Gasteiger partial charge < -0.3 is 24.8 Å². The number of aliphatic hydroxyl groups excluding tert-OH is 1. The zero-order valence-electron chi connectivity index (χ0n) is 18.1. The quantitative estimate of drug-likeness (QED) is 0.609. The predicted molar refractivity (Wildman–Crippen MR) is 117 cm³/mol. The summed E-state index contributed by atoms with van der Waals surface area (Å²) in [5.74, 6) is -0.531. The number of rotatable bonds is 5. The maximum atomic E-state index is 12.7. The number of aliphatic hydroxyl groups is 1. The maximum absolute atomic E-state index is 12.7. The first kappa shape index (κ1) is 24.5. The van der Waals surface area contributed by atoms with Gasteiger partial charge in [-0.1, -0.05) is 11.6 Å². The highest BCUT2D eigenvalue weighted by Gasteiger charge is 2.42. The lowest BCUT2D eigenvalue weighted by atomic mass is 9.89. The fraction of sp³-hybridized carbons (Fsp3) is 0.455. The van der Waals surface area contributed by atoms with Crippen LogP contribution in [0, 0.1) is 0 Å². The van der Waals surface area contributed by atoms with Crippen molar-refractivity contribution in [2.24, 2.45) is 0 Å². The fourth-order valence-electron chi connectivity index (χ4n) is 4.18. The summed E-state index contributed by atoms with van der Waals surface area (Å²) in [6.07, 6.45) is -3.15. The van der Waals surface area contributed by atoms with Gasteiger partial charge in [-0.15, -0.1) is 13.2 Å². The van der Waals surface area contributed by atoms with Crippen molar-refractivity contribution in [3.8, 4) is 5.75 Å². The largest absolute Gasteiger partial charge is 0.573 e. The minimum absolute atomic E-state index is 0.190. The molecular weight excluding hydrogens is 477 g/mol. The second-order valence-corrected chi connectivity index (χ2v) is 8.68. The van der Waals surface area contributed by atoms with Crippen molar-refractivity contribution >= 4 is 23.2 Å². The normalized spacial score (nSPS) is 19.6. The number of benzene rings is 1. The highest BCUT2D eigenvalue weighted by molar-refractivity contribution is 6.30. The van der Waals surface area contributed by atoms with Crippen LogP contribution in [0.25, 0.3) is 0 Å². The molecule has 0 bridgehead atoms. The highest BCUT2D eigenvalue weighted by atomic mass is 35.5. The minimum atomic E-state index is -4.76. The van der Waals surface area contributed by atoms with Gasteiger partial charge in [0.15, 0.2) is 6.35 Å². The van der Waals surface area contributed by atoms with Crippen molar-refractivity contribution in [3.63, 3.8) is 0 Å². The van der Waals surface area contributed by atoms with Gasteiger partial charge in [-0.3, -0.25) is 14.7 Å². The third-order valence-corrected chi connectivity index (χ3v) is 6.15. The molecule has 184 valence electrons. The van der Waals surface area contributed by atoms with Crippen LogP contribution in [0.3, 0.4) is 0 Å². The van der Waals surface area contributed by atoms with Gasteiger partial charge in [-0.25, -0.2) is 0 Å². The van der Waals surface area contributed by atoms with Crippen LogP contribution in [0.4, 0.5) is 18.9 Å². The lowest BCUT2D eigenvalue weighted by Crippen LogP contribution is -2.60. The third-order valence-electron chi connectivity index (χ3n) is 5.91. The van der Waals surface area contributed by atoms with Gasteiger partial charge in [-0.05, 0) is 49.2 Å². The second kappa shape index (κ2) is 9.95. The van der Waals surface area contributed by atoms with E-state index in [1.54, 1.807) is 15.9 Å². The zero-order valence-corrected chi connectivity index (χ0v) is 18.8. The Balaban J connectivity index is 1.32. The molecule has 1 aromatic carbocycles. The van der Waals surface area contributed by atoms with E-state index >= 15 is 0 Å². The number of halogens is 4. The summed E-state index contributed by atoms with van der Waals surface area (Å²) in [4.78, 5) is 20.3. The standard InChI is InChI=1S/C22H24ClF3N4O4/c23-15-5-8-27-18(13-15)19(31)29-9-6-21(7-10-29)14-30(11-12-33-21)20(32)28-16-1-3-17(4-2-16)34-22(24,25)26/h1-5,8,13,20,28,32H,6-7,9-12,14H2. The molecule has 1 spiro atoms. The molecule has 1 amide bonds. The number of likely N-dealkylation sites (tertiary alicyclic amines) is 1. The van der Waals surface area contributed by atoms with Gasteiger partial charge in [0, 0.05) is 43.1 Å². The molecule has 8 nitrogen and oxygen atoms in total. The number of ether oxygens (including phenoxy) is 2. The average Bonchev–Trinajstić information content (AvgIpc) is 2.79. The van der Waals surface area contributed by atoms with Gasteiger partial charge in [0.05, 0.1) is 12.2 Å².